The Morgan fingerprint density at radius 1 is 1.38 bits per heavy atom. The molecule has 5 nitrogen and oxygen atoms in total. The molecule has 2 aromatic heterocycles. The van der Waals surface area contributed by atoms with E-state index in [0.717, 1.165) is 0 Å². The Labute approximate surface area is 90.3 Å². The Morgan fingerprint density at radius 3 is 2.69 bits per heavy atom. The van der Waals surface area contributed by atoms with Gasteiger partial charge in [-0.15, -0.1) is 0 Å². The molecule has 0 amide bonds. The first-order valence-electron chi connectivity index (χ1n) is 4.45. The van der Waals surface area contributed by atoms with Crippen molar-refractivity contribution < 1.29 is 13.9 Å². The molecule has 0 aliphatic heterocycles. The van der Waals surface area contributed by atoms with E-state index in [4.69, 9.17) is 0 Å². The van der Waals surface area contributed by atoms with E-state index >= 15 is 0 Å². The Balaban J connectivity index is 2.31. The zero-order valence-electron chi connectivity index (χ0n) is 8.40. The third-order valence-electron chi connectivity index (χ3n) is 2.04. The van der Waals surface area contributed by atoms with Crippen molar-refractivity contribution in [1.29, 1.82) is 0 Å². The van der Waals surface area contributed by atoms with E-state index in [2.05, 4.69) is 19.7 Å². The fourth-order valence-electron chi connectivity index (χ4n) is 1.25. The van der Waals surface area contributed by atoms with Crippen molar-refractivity contribution in [1.82, 2.24) is 15.0 Å². The minimum Gasteiger partial charge on any atom is -0.464 e. The standard InChI is InChI=1S/C10H8FN3O2/c1-16-9(15)8-2-6(3-12-8)7-4-13-10(11)14-5-7/h2-5,12H,1H3. The topological polar surface area (TPSA) is 67.9 Å². The summed E-state index contributed by atoms with van der Waals surface area (Å²) in [5.74, 6) is -0.464. The number of carbonyl (C=O) groups is 1. The first kappa shape index (κ1) is 10.3. The summed E-state index contributed by atoms with van der Waals surface area (Å²) in [6, 6.07) is 1.59. The highest BCUT2D eigenvalue weighted by Crippen LogP contribution is 2.18. The second-order valence-electron chi connectivity index (χ2n) is 3.03. The Bertz CT molecular complexity index is 507. The lowest BCUT2D eigenvalue weighted by Crippen LogP contribution is -2.00. The van der Waals surface area contributed by atoms with Crippen LogP contribution in [-0.4, -0.2) is 28.0 Å². The van der Waals surface area contributed by atoms with Gasteiger partial charge in [-0.3, -0.25) is 0 Å². The Kier molecular flexibility index (Phi) is 2.63. The second-order valence-corrected chi connectivity index (χ2v) is 3.03. The number of ether oxygens (including phenoxy) is 1. The van der Waals surface area contributed by atoms with Gasteiger partial charge in [0.25, 0.3) is 0 Å². The normalized spacial score (nSPS) is 10.1. The van der Waals surface area contributed by atoms with Gasteiger partial charge >= 0.3 is 12.0 Å². The molecular weight excluding hydrogens is 213 g/mol. The minimum absolute atomic E-state index is 0.321. The number of hydrogen-bond donors (Lipinski definition) is 1. The molecule has 0 aliphatic rings. The monoisotopic (exact) mass is 221 g/mol. The molecule has 0 saturated carbocycles. The van der Waals surface area contributed by atoms with Crippen molar-refractivity contribution in [2.24, 2.45) is 0 Å². The molecular formula is C10H8FN3O2. The maximum absolute atomic E-state index is 12.5. The number of halogens is 1. The molecule has 6 heteroatoms. The number of esters is 1. The molecule has 0 spiro atoms. The summed E-state index contributed by atoms with van der Waals surface area (Å²) in [4.78, 5) is 20.8. The summed E-state index contributed by atoms with van der Waals surface area (Å²) < 4.78 is 17.0. The molecule has 16 heavy (non-hydrogen) atoms. The van der Waals surface area contributed by atoms with E-state index in [1.807, 2.05) is 0 Å². The van der Waals surface area contributed by atoms with E-state index in [0.29, 0.717) is 16.8 Å². The molecule has 2 rings (SSSR count). The molecule has 0 unspecified atom stereocenters. The Morgan fingerprint density at radius 2 is 2.06 bits per heavy atom. The zero-order valence-corrected chi connectivity index (χ0v) is 8.40. The molecule has 0 bridgehead atoms. The van der Waals surface area contributed by atoms with E-state index < -0.39 is 12.0 Å². The van der Waals surface area contributed by atoms with Crippen molar-refractivity contribution in [3.8, 4) is 11.1 Å². The molecule has 82 valence electrons. The Hall–Kier alpha value is -2.24. The number of methoxy groups -OCH3 is 1. The maximum atomic E-state index is 12.5. The fourth-order valence-corrected chi connectivity index (χ4v) is 1.25. The molecule has 0 aliphatic carbocycles. The first-order valence-corrected chi connectivity index (χ1v) is 4.45. The fraction of sp³-hybridized carbons (Fsp3) is 0.100. The van der Waals surface area contributed by atoms with Gasteiger partial charge in [0.1, 0.15) is 5.69 Å². The van der Waals surface area contributed by atoms with Crippen molar-refractivity contribution in [2.45, 2.75) is 0 Å². The van der Waals surface area contributed by atoms with Crippen LogP contribution >= 0.6 is 0 Å². The van der Waals surface area contributed by atoms with Crippen LogP contribution in [0.2, 0.25) is 0 Å². The van der Waals surface area contributed by atoms with Gasteiger partial charge in [0.05, 0.1) is 7.11 Å². The van der Waals surface area contributed by atoms with Gasteiger partial charge in [-0.25, -0.2) is 14.8 Å². The number of rotatable bonds is 2. The second kappa shape index (κ2) is 4.09. The largest absolute Gasteiger partial charge is 0.464 e. The summed E-state index contributed by atoms with van der Waals surface area (Å²) in [5.41, 5.74) is 1.63. The van der Waals surface area contributed by atoms with Crippen LogP contribution in [0.25, 0.3) is 11.1 Å². The lowest BCUT2D eigenvalue weighted by molar-refractivity contribution is 0.0595. The summed E-state index contributed by atoms with van der Waals surface area (Å²) in [6.07, 6.45) is 3.50. The van der Waals surface area contributed by atoms with E-state index in [1.165, 1.54) is 19.5 Å². The highest BCUT2D eigenvalue weighted by atomic mass is 19.1. The highest BCUT2D eigenvalue weighted by molar-refractivity contribution is 5.89. The summed E-state index contributed by atoms with van der Waals surface area (Å²) in [6.45, 7) is 0. The molecule has 0 saturated heterocycles. The van der Waals surface area contributed by atoms with Gasteiger partial charge in [0, 0.05) is 29.7 Å². The number of carbonyl (C=O) groups excluding carboxylic acids is 1. The quantitative estimate of drug-likeness (QED) is 0.614. The first-order chi connectivity index (χ1) is 7.70. The number of hydrogen-bond acceptors (Lipinski definition) is 4. The smallest absolute Gasteiger partial charge is 0.354 e. The van der Waals surface area contributed by atoms with Crippen molar-refractivity contribution in [3.63, 3.8) is 0 Å². The molecule has 2 heterocycles. The molecule has 1 N–H and O–H groups in total. The van der Waals surface area contributed by atoms with Gasteiger partial charge < -0.3 is 9.72 Å². The van der Waals surface area contributed by atoms with Gasteiger partial charge in [0.2, 0.25) is 0 Å². The number of H-pyrrole nitrogens is 1. The van der Waals surface area contributed by atoms with Crippen molar-refractivity contribution >= 4 is 5.97 Å². The van der Waals surface area contributed by atoms with Crippen molar-refractivity contribution in [3.05, 3.63) is 36.4 Å². The average Bonchev–Trinajstić information content (AvgIpc) is 2.78. The third-order valence-corrected chi connectivity index (χ3v) is 2.04. The number of aromatic nitrogens is 3. The van der Waals surface area contributed by atoms with Crippen LogP contribution in [0.5, 0.6) is 0 Å². The van der Waals surface area contributed by atoms with Gasteiger partial charge in [-0.2, -0.15) is 4.39 Å². The SMILES string of the molecule is COC(=O)c1cc(-c2cnc(F)nc2)c[nH]1. The average molecular weight is 221 g/mol. The van der Waals surface area contributed by atoms with Crippen LogP contribution in [0.3, 0.4) is 0 Å². The maximum Gasteiger partial charge on any atom is 0.354 e. The van der Waals surface area contributed by atoms with Crippen LogP contribution in [-0.2, 0) is 4.74 Å². The van der Waals surface area contributed by atoms with Crippen molar-refractivity contribution in [2.75, 3.05) is 7.11 Å². The summed E-state index contributed by atoms with van der Waals surface area (Å²) >= 11 is 0. The van der Waals surface area contributed by atoms with E-state index in [-0.39, 0.29) is 0 Å². The lowest BCUT2D eigenvalue weighted by atomic mass is 10.2. The number of nitrogens with zero attached hydrogens (tertiary/aromatic N) is 2. The van der Waals surface area contributed by atoms with Crippen LogP contribution < -0.4 is 0 Å². The van der Waals surface area contributed by atoms with Gasteiger partial charge in [-0.05, 0) is 6.07 Å². The van der Waals surface area contributed by atoms with Crippen LogP contribution in [0.1, 0.15) is 10.5 Å². The molecule has 0 radical (unpaired) electrons. The van der Waals surface area contributed by atoms with Crippen LogP contribution in [0.15, 0.2) is 24.7 Å². The molecule has 0 atom stereocenters. The van der Waals surface area contributed by atoms with Crippen LogP contribution in [0, 0.1) is 6.08 Å². The molecule has 2 aromatic rings. The third kappa shape index (κ3) is 1.90. The predicted octanol–water partition coefficient (Wildman–Crippen LogP) is 1.40. The van der Waals surface area contributed by atoms with Gasteiger partial charge in [0.15, 0.2) is 0 Å². The predicted molar refractivity (Wildman–Crippen MR) is 53.1 cm³/mol. The molecule has 0 aromatic carbocycles. The number of nitrogens with one attached hydrogen (secondary N) is 1. The number of aromatic amines is 1. The summed E-state index contributed by atoms with van der Waals surface area (Å²) in [7, 11) is 1.30. The molecule has 0 fully saturated rings. The van der Waals surface area contributed by atoms with Crippen LogP contribution in [0.4, 0.5) is 4.39 Å². The summed E-state index contributed by atoms with van der Waals surface area (Å²) in [5, 5.41) is 0. The van der Waals surface area contributed by atoms with Gasteiger partial charge in [-0.1, -0.05) is 0 Å². The van der Waals surface area contributed by atoms with E-state index in [1.54, 1.807) is 12.3 Å². The zero-order chi connectivity index (χ0) is 11.5. The highest BCUT2D eigenvalue weighted by Gasteiger charge is 2.09. The minimum atomic E-state index is -0.785. The lowest BCUT2D eigenvalue weighted by Gasteiger charge is -1.94. The van der Waals surface area contributed by atoms with E-state index in [9.17, 15) is 9.18 Å².